The molecule has 96 valence electrons. The van der Waals surface area contributed by atoms with Crippen LogP contribution in [0.15, 0.2) is 36.9 Å². The molecule has 2 aromatic rings. The SMILES string of the molecule is NCc1c(Cl)cccc1OCCCn1ccnc1. The van der Waals surface area contributed by atoms with E-state index in [2.05, 4.69) is 4.98 Å². The first-order valence-corrected chi connectivity index (χ1v) is 6.25. The second-order valence-electron chi connectivity index (χ2n) is 3.92. The normalized spacial score (nSPS) is 10.6. The van der Waals surface area contributed by atoms with Crippen LogP contribution in [-0.2, 0) is 13.1 Å². The molecule has 2 rings (SSSR count). The minimum atomic E-state index is 0.385. The highest BCUT2D eigenvalue weighted by Crippen LogP contribution is 2.25. The molecule has 0 radical (unpaired) electrons. The zero-order valence-corrected chi connectivity index (χ0v) is 10.8. The van der Waals surface area contributed by atoms with Gasteiger partial charge in [-0.2, -0.15) is 0 Å². The van der Waals surface area contributed by atoms with Crippen molar-refractivity contribution in [2.75, 3.05) is 6.61 Å². The van der Waals surface area contributed by atoms with Gasteiger partial charge >= 0.3 is 0 Å². The third-order valence-electron chi connectivity index (χ3n) is 2.66. The van der Waals surface area contributed by atoms with E-state index in [0.29, 0.717) is 18.2 Å². The quantitative estimate of drug-likeness (QED) is 0.817. The summed E-state index contributed by atoms with van der Waals surface area (Å²) in [6.07, 6.45) is 6.41. The fourth-order valence-corrected chi connectivity index (χ4v) is 1.96. The fourth-order valence-electron chi connectivity index (χ4n) is 1.72. The average Bonchev–Trinajstić information content (AvgIpc) is 2.88. The van der Waals surface area contributed by atoms with E-state index in [1.54, 1.807) is 12.5 Å². The van der Waals surface area contributed by atoms with Crippen molar-refractivity contribution in [1.29, 1.82) is 0 Å². The van der Waals surface area contributed by atoms with Gasteiger partial charge < -0.3 is 15.0 Å². The Kier molecular flexibility index (Phi) is 4.61. The monoisotopic (exact) mass is 265 g/mol. The standard InChI is InChI=1S/C13H16ClN3O/c14-12-3-1-4-13(11(12)9-15)18-8-2-6-17-7-5-16-10-17/h1,3-5,7,10H,2,6,8-9,15H2. The molecule has 0 bridgehead atoms. The van der Waals surface area contributed by atoms with Gasteiger partial charge in [-0.05, 0) is 18.6 Å². The van der Waals surface area contributed by atoms with Crippen LogP contribution in [-0.4, -0.2) is 16.2 Å². The highest BCUT2D eigenvalue weighted by atomic mass is 35.5. The Bertz CT molecular complexity index is 485. The molecule has 0 atom stereocenters. The smallest absolute Gasteiger partial charge is 0.125 e. The first-order valence-electron chi connectivity index (χ1n) is 5.87. The second kappa shape index (κ2) is 6.42. The number of imidazole rings is 1. The van der Waals surface area contributed by atoms with Crippen LogP contribution >= 0.6 is 11.6 Å². The van der Waals surface area contributed by atoms with E-state index in [-0.39, 0.29) is 0 Å². The maximum Gasteiger partial charge on any atom is 0.125 e. The van der Waals surface area contributed by atoms with Gasteiger partial charge in [-0.15, -0.1) is 0 Å². The number of benzene rings is 1. The summed E-state index contributed by atoms with van der Waals surface area (Å²) in [6, 6.07) is 5.58. The molecule has 0 aliphatic heterocycles. The molecule has 2 N–H and O–H groups in total. The van der Waals surface area contributed by atoms with Gasteiger partial charge in [-0.3, -0.25) is 0 Å². The molecule has 0 aliphatic rings. The van der Waals surface area contributed by atoms with Crippen LogP contribution in [0, 0.1) is 0 Å². The van der Waals surface area contributed by atoms with E-state index >= 15 is 0 Å². The van der Waals surface area contributed by atoms with E-state index in [4.69, 9.17) is 22.1 Å². The molecule has 1 heterocycles. The molecule has 0 aliphatic carbocycles. The molecule has 0 unspecified atom stereocenters. The summed E-state index contributed by atoms with van der Waals surface area (Å²) in [5.74, 6) is 0.774. The highest BCUT2D eigenvalue weighted by molar-refractivity contribution is 6.31. The first kappa shape index (κ1) is 12.9. The summed E-state index contributed by atoms with van der Waals surface area (Å²) >= 11 is 6.05. The Balaban J connectivity index is 1.85. The van der Waals surface area contributed by atoms with Gasteiger partial charge in [0.05, 0.1) is 12.9 Å². The van der Waals surface area contributed by atoms with Crippen LogP contribution in [0.2, 0.25) is 5.02 Å². The fraction of sp³-hybridized carbons (Fsp3) is 0.308. The number of aryl methyl sites for hydroxylation is 1. The van der Waals surface area contributed by atoms with E-state index in [9.17, 15) is 0 Å². The Morgan fingerprint density at radius 2 is 2.28 bits per heavy atom. The number of rotatable bonds is 6. The number of hydrogen-bond acceptors (Lipinski definition) is 3. The lowest BCUT2D eigenvalue weighted by Gasteiger charge is -2.11. The molecule has 1 aromatic carbocycles. The summed E-state index contributed by atoms with van der Waals surface area (Å²) in [6.45, 7) is 1.90. The van der Waals surface area contributed by atoms with Gasteiger partial charge in [0.15, 0.2) is 0 Å². The average molecular weight is 266 g/mol. The minimum absolute atomic E-state index is 0.385. The van der Waals surface area contributed by atoms with Gasteiger partial charge in [0.2, 0.25) is 0 Å². The van der Waals surface area contributed by atoms with Crippen molar-refractivity contribution in [2.45, 2.75) is 19.5 Å². The molecule has 5 heteroatoms. The molecule has 1 aromatic heterocycles. The third kappa shape index (κ3) is 3.24. The zero-order chi connectivity index (χ0) is 12.8. The summed E-state index contributed by atoms with van der Waals surface area (Å²) in [7, 11) is 0. The van der Waals surface area contributed by atoms with Crippen LogP contribution in [0.3, 0.4) is 0 Å². The Morgan fingerprint density at radius 1 is 1.39 bits per heavy atom. The van der Waals surface area contributed by atoms with Crippen molar-refractivity contribution in [3.63, 3.8) is 0 Å². The predicted octanol–water partition coefficient (Wildman–Crippen LogP) is 2.46. The van der Waals surface area contributed by atoms with Gasteiger partial charge in [0.1, 0.15) is 5.75 Å². The Labute approximate surface area is 111 Å². The zero-order valence-electron chi connectivity index (χ0n) is 10.1. The Morgan fingerprint density at radius 3 is 3.00 bits per heavy atom. The predicted molar refractivity (Wildman–Crippen MR) is 71.7 cm³/mol. The maximum atomic E-state index is 6.05. The van der Waals surface area contributed by atoms with Gasteiger partial charge in [0.25, 0.3) is 0 Å². The summed E-state index contributed by atoms with van der Waals surface area (Å²) in [5.41, 5.74) is 6.52. The van der Waals surface area contributed by atoms with Crippen molar-refractivity contribution >= 4 is 11.6 Å². The van der Waals surface area contributed by atoms with Crippen molar-refractivity contribution in [1.82, 2.24) is 9.55 Å². The van der Waals surface area contributed by atoms with Crippen LogP contribution in [0.25, 0.3) is 0 Å². The number of aromatic nitrogens is 2. The van der Waals surface area contributed by atoms with Crippen molar-refractivity contribution in [2.24, 2.45) is 5.73 Å². The van der Waals surface area contributed by atoms with E-state index in [1.165, 1.54) is 0 Å². The molecule has 0 fully saturated rings. The second-order valence-corrected chi connectivity index (χ2v) is 4.33. The molecule has 0 saturated heterocycles. The number of ether oxygens (including phenoxy) is 1. The number of halogens is 1. The third-order valence-corrected chi connectivity index (χ3v) is 3.01. The number of hydrogen-bond donors (Lipinski definition) is 1. The summed E-state index contributed by atoms with van der Waals surface area (Å²) in [5, 5.41) is 0.657. The largest absolute Gasteiger partial charge is 0.493 e. The number of nitrogens with zero attached hydrogens (tertiary/aromatic N) is 2. The molecular weight excluding hydrogens is 250 g/mol. The molecule has 0 spiro atoms. The molecule has 18 heavy (non-hydrogen) atoms. The van der Waals surface area contributed by atoms with Crippen LogP contribution in [0.5, 0.6) is 5.75 Å². The van der Waals surface area contributed by atoms with Crippen LogP contribution in [0.4, 0.5) is 0 Å². The number of nitrogens with two attached hydrogens (primary N) is 1. The topological polar surface area (TPSA) is 53.1 Å². The van der Waals surface area contributed by atoms with E-state index < -0.39 is 0 Å². The van der Waals surface area contributed by atoms with Crippen LogP contribution < -0.4 is 10.5 Å². The van der Waals surface area contributed by atoms with E-state index in [1.807, 2.05) is 29.0 Å². The minimum Gasteiger partial charge on any atom is -0.493 e. The molecular formula is C13H16ClN3O. The van der Waals surface area contributed by atoms with Crippen molar-refractivity contribution in [3.05, 3.63) is 47.5 Å². The molecule has 0 amide bonds. The van der Waals surface area contributed by atoms with Gasteiger partial charge in [0, 0.05) is 36.1 Å². The lowest BCUT2D eigenvalue weighted by Crippen LogP contribution is -2.06. The Hall–Kier alpha value is -1.52. The molecule has 4 nitrogen and oxygen atoms in total. The van der Waals surface area contributed by atoms with Crippen molar-refractivity contribution in [3.8, 4) is 5.75 Å². The van der Waals surface area contributed by atoms with E-state index in [0.717, 1.165) is 24.3 Å². The lowest BCUT2D eigenvalue weighted by molar-refractivity contribution is 0.299. The van der Waals surface area contributed by atoms with Gasteiger partial charge in [-0.1, -0.05) is 17.7 Å². The van der Waals surface area contributed by atoms with Gasteiger partial charge in [-0.25, -0.2) is 4.98 Å². The van der Waals surface area contributed by atoms with Crippen molar-refractivity contribution < 1.29 is 4.74 Å². The lowest BCUT2D eigenvalue weighted by atomic mass is 10.2. The molecule has 0 saturated carbocycles. The summed E-state index contributed by atoms with van der Waals surface area (Å²) < 4.78 is 7.73. The first-order chi connectivity index (χ1) is 8.81. The maximum absolute atomic E-state index is 6.05. The summed E-state index contributed by atoms with van der Waals surface area (Å²) in [4.78, 5) is 3.99. The van der Waals surface area contributed by atoms with Crippen LogP contribution in [0.1, 0.15) is 12.0 Å². The highest BCUT2D eigenvalue weighted by Gasteiger charge is 2.05.